The first-order chi connectivity index (χ1) is 13.1. The van der Waals surface area contributed by atoms with Crippen molar-refractivity contribution in [2.24, 2.45) is 4.99 Å². The van der Waals surface area contributed by atoms with Crippen LogP contribution < -0.4 is 4.90 Å². The van der Waals surface area contributed by atoms with Gasteiger partial charge in [-0.2, -0.15) is 13.2 Å². The highest BCUT2D eigenvalue weighted by molar-refractivity contribution is 5.92. The highest BCUT2D eigenvalue weighted by Gasteiger charge is 2.38. The van der Waals surface area contributed by atoms with E-state index in [9.17, 15) is 22.4 Å². The minimum atomic E-state index is -4.83. The van der Waals surface area contributed by atoms with Crippen molar-refractivity contribution in [3.05, 3.63) is 41.6 Å². The number of urea groups is 1. The van der Waals surface area contributed by atoms with Crippen LogP contribution in [0.1, 0.15) is 18.3 Å². The number of morpholine rings is 1. The molecule has 10 heteroatoms. The lowest BCUT2D eigenvalue weighted by atomic mass is 10.1. The molecule has 0 radical (unpaired) electrons. The summed E-state index contributed by atoms with van der Waals surface area (Å²) < 4.78 is 59.3. The number of rotatable bonds is 4. The van der Waals surface area contributed by atoms with Gasteiger partial charge in [0.2, 0.25) is 0 Å². The van der Waals surface area contributed by atoms with E-state index in [1.165, 1.54) is 18.0 Å². The van der Waals surface area contributed by atoms with Gasteiger partial charge < -0.3 is 9.64 Å². The number of hydrogen-bond donors (Lipinski definition) is 0. The minimum absolute atomic E-state index is 0.0224. The Bertz CT molecular complexity index is 795. The normalized spacial score (nSPS) is 16.1. The Labute approximate surface area is 159 Å². The summed E-state index contributed by atoms with van der Waals surface area (Å²) in [5.41, 5.74) is -1.78. The molecule has 1 aromatic rings. The summed E-state index contributed by atoms with van der Waals surface area (Å²) >= 11 is 0. The summed E-state index contributed by atoms with van der Waals surface area (Å²) in [5, 5.41) is 0. The molecule has 1 aromatic heterocycles. The predicted octanol–water partition coefficient (Wildman–Crippen LogP) is 3.90. The Kier molecular flexibility index (Phi) is 6.90. The zero-order valence-electron chi connectivity index (χ0n) is 15.5. The molecule has 0 N–H and O–H groups in total. The number of carbonyl (C=O) groups excluding carboxylic acids is 1. The number of pyridine rings is 1. The van der Waals surface area contributed by atoms with E-state index in [0.717, 1.165) is 30.2 Å². The first-order valence-electron chi connectivity index (χ1n) is 8.34. The van der Waals surface area contributed by atoms with Gasteiger partial charge in [0.25, 0.3) is 0 Å². The number of halogens is 4. The maximum atomic E-state index is 13.6. The number of hydrogen-bond acceptors (Lipinski definition) is 4. The molecular weight excluding hydrogens is 380 g/mol. The van der Waals surface area contributed by atoms with E-state index in [4.69, 9.17) is 4.74 Å². The molecule has 0 saturated carbocycles. The fraction of sp³-hybridized carbons (Fsp3) is 0.389. The molecule has 2 heterocycles. The summed E-state index contributed by atoms with van der Waals surface area (Å²) in [6, 6.07) is 1.80. The number of amides is 2. The van der Waals surface area contributed by atoms with Crippen LogP contribution in [0.3, 0.4) is 0 Å². The van der Waals surface area contributed by atoms with E-state index >= 15 is 0 Å². The maximum absolute atomic E-state index is 13.6. The molecule has 0 aliphatic carbocycles. The van der Waals surface area contributed by atoms with Crippen molar-refractivity contribution in [3.63, 3.8) is 0 Å². The zero-order valence-corrected chi connectivity index (χ0v) is 15.5. The number of anilines is 1. The van der Waals surface area contributed by atoms with Gasteiger partial charge in [-0.3, -0.25) is 9.89 Å². The minimum Gasteiger partial charge on any atom is -0.378 e. The Morgan fingerprint density at radius 3 is 2.54 bits per heavy atom. The molecule has 6 nitrogen and oxygen atoms in total. The Hall–Kier alpha value is -2.75. The van der Waals surface area contributed by atoms with Gasteiger partial charge in [0, 0.05) is 31.9 Å². The van der Waals surface area contributed by atoms with Crippen LogP contribution in [0.4, 0.5) is 28.0 Å². The lowest BCUT2D eigenvalue weighted by Crippen LogP contribution is -2.47. The molecule has 1 aliphatic heterocycles. The van der Waals surface area contributed by atoms with E-state index in [1.807, 2.05) is 0 Å². The molecule has 1 fully saturated rings. The van der Waals surface area contributed by atoms with Gasteiger partial charge in [-0.15, -0.1) is 0 Å². The maximum Gasteiger partial charge on any atom is 0.435 e. The third-order valence-electron chi connectivity index (χ3n) is 3.95. The average Bonchev–Trinajstić information content (AvgIpc) is 2.65. The topological polar surface area (TPSA) is 58.0 Å². The zero-order chi connectivity index (χ0) is 20.9. The number of nitrogens with zero attached hydrogens (tertiary/aromatic N) is 4. The second kappa shape index (κ2) is 8.96. The third kappa shape index (κ3) is 5.16. The molecule has 28 heavy (non-hydrogen) atoms. The molecule has 1 saturated heterocycles. The number of alkyl halides is 3. The number of aromatic nitrogens is 1. The van der Waals surface area contributed by atoms with Gasteiger partial charge in [0.15, 0.2) is 5.69 Å². The summed E-state index contributed by atoms with van der Waals surface area (Å²) in [5.74, 6) is -0.631. The fourth-order valence-electron chi connectivity index (χ4n) is 2.65. The van der Waals surface area contributed by atoms with Gasteiger partial charge in [0.1, 0.15) is 0 Å². The number of aliphatic imine (C=N–C) groups is 1. The van der Waals surface area contributed by atoms with Gasteiger partial charge >= 0.3 is 12.2 Å². The van der Waals surface area contributed by atoms with Crippen LogP contribution in [0.2, 0.25) is 0 Å². The summed E-state index contributed by atoms with van der Waals surface area (Å²) in [6.45, 7) is 5.58. The van der Waals surface area contributed by atoms with Crippen LogP contribution in [0, 0.1) is 0 Å². The van der Waals surface area contributed by atoms with Crippen LogP contribution in [0.5, 0.6) is 0 Å². The van der Waals surface area contributed by atoms with E-state index in [2.05, 4.69) is 16.7 Å². The van der Waals surface area contributed by atoms with Crippen LogP contribution in [0.25, 0.3) is 5.57 Å². The SMILES string of the molecule is C=N/C=C(\C=C(/C)F)c1ccc(N(C)C(=O)N2CCOCC2)c(C(F)(F)F)n1. The standard InChI is InChI=1S/C18H20F4N4O2/c1-12(19)10-13(11-23-2)14-4-5-15(16(24-14)18(20,21)22)25(3)17(27)26-6-8-28-9-7-26/h4-5,10-11H,2,6-9H2,1,3H3/b12-10+,13-11+. The molecular formula is C18H20F4N4O2. The van der Waals surface area contributed by atoms with Crippen molar-refractivity contribution in [1.82, 2.24) is 9.88 Å². The van der Waals surface area contributed by atoms with Crippen molar-refractivity contribution in [2.75, 3.05) is 38.3 Å². The molecule has 0 spiro atoms. The average molecular weight is 400 g/mol. The van der Waals surface area contributed by atoms with Gasteiger partial charge in [-0.05, 0) is 31.9 Å². The van der Waals surface area contributed by atoms with Gasteiger partial charge in [-0.25, -0.2) is 14.2 Å². The van der Waals surface area contributed by atoms with Crippen molar-refractivity contribution in [2.45, 2.75) is 13.1 Å². The van der Waals surface area contributed by atoms with E-state index in [1.54, 1.807) is 0 Å². The second-order valence-corrected chi connectivity index (χ2v) is 6.00. The molecule has 0 aromatic carbocycles. The first-order valence-corrected chi connectivity index (χ1v) is 8.34. The van der Waals surface area contributed by atoms with Crippen molar-refractivity contribution >= 4 is 24.0 Å². The van der Waals surface area contributed by atoms with Crippen LogP contribution >= 0.6 is 0 Å². The lowest BCUT2D eigenvalue weighted by molar-refractivity contribution is -0.140. The second-order valence-electron chi connectivity index (χ2n) is 6.00. The van der Waals surface area contributed by atoms with Gasteiger partial charge in [0.05, 0.1) is 30.4 Å². The van der Waals surface area contributed by atoms with Crippen LogP contribution in [0.15, 0.2) is 35.2 Å². The van der Waals surface area contributed by atoms with E-state index < -0.39 is 29.4 Å². The highest BCUT2D eigenvalue weighted by atomic mass is 19.4. The molecule has 1 aliphatic rings. The lowest BCUT2D eigenvalue weighted by Gasteiger charge is -2.31. The number of carbonyl (C=O) groups is 1. The van der Waals surface area contributed by atoms with Crippen molar-refractivity contribution in [1.29, 1.82) is 0 Å². The summed E-state index contributed by atoms with van der Waals surface area (Å²) in [6.07, 6.45) is -2.72. The fourth-order valence-corrected chi connectivity index (χ4v) is 2.65. The highest BCUT2D eigenvalue weighted by Crippen LogP contribution is 2.36. The number of ether oxygens (including phenoxy) is 1. The summed E-state index contributed by atoms with van der Waals surface area (Å²) in [7, 11) is 1.25. The van der Waals surface area contributed by atoms with Crippen LogP contribution in [-0.4, -0.2) is 56.0 Å². The van der Waals surface area contributed by atoms with Crippen molar-refractivity contribution in [3.8, 4) is 0 Å². The largest absolute Gasteiger partial charge is 0.435 e. The Morgan fingerprint density at radius 1 is 1.36 bits per heavy atom. The third-order valence-corrected chi connectivity index (χ3v) is 3.95. The predicted molar refractivity (Wildman–Crippen MR) is 97.8 cm³/mol. The quantitative estimate of drug-likeness (QED) is 0.438. The molecule has 0 atom stereocenters. The van der Waals surface area contributed by atoms with Crippen molar-refractivity contribution < 1.29 is 27.1 Å². The first kappa shape index (κ1) is 21.5. The van der Waals surface area contributed by atoms with Crippen LogP contribution in [-0.2, 0) is 10.9 Å². The Balaban J connectivity index is 2.47. The van der Waals surface area contributed by atoms with Gasteiger partial charge in [-0.1, -0.05) is 0 Å². The smallest absolute Gasteiger partial charge is 0.378 e. The molecule has 2 amide bonds. The Morgan fingerprint density at radius 2 is 2.00 bits per heavy atom. The monoisotopic (exact) mass is 400 g/mol. The van der Waals surface area contributed by atoms with E-state index in [-0.39, 0.29) is 24.4 Å². The molecule has 0 bridgehead atoms. The molecule has 2 rings (SSSR count). The molecule has 152 valence electrons. The number of allylic oxidation sites excluding steroid dienone is 3. The summed E-state index contributed by atoms with van der Waals surface area (Å²) in [4.78, 5) is 22.0. The molecule has 0 unspecified atom stereocenters. The van der Waals surface area contributed by atoms with E-state index in [0.29, 0.717) is 13.2 Å².